The van der Waals surface area contributed by atoms with Crippen LogP contribution in [0.3, 0.4) is 0 Å². The number of likely N-dealkylation sites (tertiary alicyclic amines) is 1. The summed E-state index contributed by atoms with van der Waals surface area (Å²) in [6.07, 6.45) is 14.3. The fourth-order valence-corrected chi connectivity index (χ4v) is 7.41. The maximum atomic E-state index is 13.4. The van der Waals surface area contributed by atoms with E-state index in [0.717, 1.165) is 47.9 Å². The largest absolute Gasteiger partial charge is 0.380 e. The average molecular weight is 529 g/mol. The van der Waals surface area contributed by atoms with Crippen molar-refractivity contribution in [3.05, 3.63) is 59.6 Å². The van der Waals surface area contributed by atoms with Crippen LogP contribution in [0.25, 0.3) is 0 Å². The number of nitrogens with one attached hydrogen (secondary N) is 2. The highest BCUT2D eigenvalue weighted by Gasteiger charge is 2.50. The van der Waals surface area contributed by atoms with E-state index in [-0.39, 0.29) is 5.91 Å². The van der Waals surface area contributed by atoms with Gasteiger partial charge < -0.3 is 15.5 Å². The number of imide groups is 1. The molecule has 1 aromatic carbocycles. The molecule has 1 atom stereocenters. The predicted octanol–water partition coefficient (Wildman–Crippen LogP) is 3.85. The average Bonchev–Trinajstić information content (AvgIpc) is 3.45. The first-order valence-electron chi connectivity index (χ1n) is 14.4. The Labute approximate surface area is 228 Å². The number of allylic oxidation sites excluding steroid dienone is 1. The number of hydrogen-bond acceptors (Lipinski definition) is 6. The van der Waals surface area contributed by atoms with Gasteiger partial charge in [0.25, 0.3) is 11.8 Å². The molecule has 1 spiro atoms. The summed E-state index contributed by atoms with van der Waals surface area (Å²) >= 11 is 0. The molecule has 2 saturated carbocycles. The second kappa shape index (κ2) is 9.33. The summed E-state index contributed by atoms with van der Waals surface area (Å²) in [4.78, 5) is 42.9. The number of amides is 3. The summed E-state index contributed by atoms with van der Waals surface area (Å²) in [6.45, 7) is 6.57. The summed E-state index contributed by atoms with van der Waals surface area (Å²) in [5.74, 6) is -1.21. The molecule has 0 radical (unpaired) electrons. The minimum absolute atomic E-state index is 0.333. The lowest BCUT2D eigenvalue weighted by atomic mass is 9.53. The van der Waals surface area contributed by atoms with E-state index in [1.165, 1.54) is 32.1 Å². The van der Waals surface area contributed by atoms with Gasteiger partial charge in [-0.05, 0) is 68.9 Å². The van der Waals surface area contributed by atoms with Crippen molar-refractivity contribution in [2.45, 2.75) is 82.5 Å². The van der Waals surface area contributed by atoms with Gasteiger partial charge in [0.2, 0.25) is 5.91 Å². The van der Waals surface area contributed by atoms with Gasteiger partial charge in [-0.3, -0.25) is 24.0 Å². The Morgan fingerprint density at radius 2 is 1.85 bits per heavy atom. The molecule has 3 amide bonds. The summed E-state index contributed by atoms with van der Waals surface area (Å²) in [5, 5.41) is 10.7. The van der Waals surface area contributed by atoms with Crippen LogP contribution in [-0.2, 0) is 11.3 Å². The molecule has 2 aliphatic carbocycles. The van der Waals surface area contributed by atoms with Gasteiger partial charge >= 0.3 is 0 Å². The monoisotopic (exact) mass is 528 g/mol. The highest BCUT2D eigenvalue weighted by Crippen LogP contribution is 2.57. The Morgan fingerprint density at radius 3 is 2.56 bits per heavy atom. The van der Waals surface area contributed by atoms with Crippen molar-refractivity contribution in [3.63, 3.8) is 0 Å². The zero-order valence-electron chi connectivity index (χ0n) is 22.3. The van der Waals surface area contributed by atoms with E-state index in [0.29, 0.717) is 47.9 Å². The minimum Gasteiger partial charge on any atom is -0.380 e. The van der Waals surface area contributed by atoms with E-state index >= 15 is 0 Å². The van der Waals surface area contributed by atoms with Gasteiger partial charge in [-0.25, -0.2) is 0 Å². The summed E-state index contributed by atoms with van der Waals surface area (Å²) in [5.41, 5.74) is 3.63. The molecule has 4 fully saturated rings. The van der Waals surface area contributed by atoms with Crippen molar-refractivity contribution in [2.24, 2.45) is 5.41 Å². The Morgan fingerprint density at radius 1 is 1.05 bits per heavy atom. The fourth-order valence-electron chi connectivity index (χ4n) is 7.41. The van der Waals surface area contributed by atoms with Crippen LogP contribution in [0.2, 0.25) is 0 Å². The van der Waals surface area contributed by atoms with Crippen molar-refractivity contribution < 1.29 is 14.4 Å². The third-order valence-electron chi connectivity index (χ3n) is 9.86. The molecule has 5 aliphatic rings. The molecule has 3 aliphatic heterocycles. The van der Waals surface area contributed by atoms with Gasteiger partial charge in [0.05, 0.1) is 23.4 Å². The van der Waals surface area contributed by atoms with Crippen molar-refractivity contribution in [2.75, 3.05) is 18.4 Å². The number of fused-ring (bicyclic) bond motifs is 1. The minimum atomic E-state index is -0.816. The van der Waals surface area contributed by atoms with Crippen LogP contribution >= 0.6 is 0 Å². The van der Waals surface area contributed by atoms with Gasteiger partial charge in [-0.2, -0.15) is 5.10 Å². The number of nitrogens with zero attached hydrogens (tertiary/aromatic N) is 4. The molecule has 204 valence electrons. The smallest absolute Gasteiger partial charge is 0.264 e. The number of carbonyl (C=O) groups excluding carboxylic acids is 3. The zero-order valence-corrected chi connectivity index (χ0v) is 22.3. The molecule has 0 bridgehead atoms. The van der Waals surface area contributed by atoms with E-state index in [2.05, 4.69) is 38.1 Å². The van der Waals surface area contributed by atoms with Crippen LogP contribution < -0.4 is 10.6 Å². The number of aromatic nitrogens is 2. The third-order valence-corrected chi connectivity index (χ3v) is 9.86. The second-order valence-corrected chi connectivity index (χ2v) is 12.2. The second-order valence-electron chi connectivity index (χ2n) is 12.2. The summed E-state index contributed by atoms with van der Waals surface area (Å²) in [6, 6.07) is 5.63. The maximum Gasteiger partial charge on any atom is 0.264 e. The predicted molar refractivity (Wildman–Crippen MR) is 146 cm³/mol. The molecule has 39 heavy (non-hydrogen) atoms. The summed E-state index contributed by atoms with van der Waals surface area (Å²) < 4.78 is 2.10. The van der Waals surface area contributed by atoms with E-state index < -0.39 is 17.9 Å². The molecule has 1 aromatic heterocycles. The SMILES string of the molecule is C=C1CCC(N2C(=O)c3cccc(NCc4cnn(C5CCN(C6CC7(CCC7)C6)CC5)c4)c3C2=O)C(=O)N1. The van der Waals surface area contributed by atoms with Crippen LogP contribution in [-0.4, -0.2) is 62.5 Å². The lowest BCUT2D eigenvalue weighted by molar-refractivity contribution is -0.125. The molecule has 7 rings (SSSR count). The van der Waals surface area contributed by atoms with Crippen molar-refractivity contribution in [1.82, 2.24) is 24.9 Å². The van der Waals surface area contributed by atoms with Crippen molar-refractivity contribution in [1.29, 1.82) is 0 Å². The van der Waals surface area contributed by atoms with Crippen LogP contribution in [0.4, 0.5) is 5.69 Å². The molecular formula is C30H36N6O3. The number of benzene rings is 1. The quantitative estimate of drug-likeness (QED) is 0.553. The van der Waals surface area contributed by atoms with E-state index in [4.69, 9.17) is 0 Å². The van der Waals surface area contributed by atoms with Gasteiger partial charge in [-0.15, -0.1) is 0 Å². The third kappa shape index (κ3) is 4.18. The molecular weight excluding hydrogens is 492 g/mol. The van der Waals surface area contributed by atoms with Crippen LogP contribution in [0.15, 0.2) is 42.9 Å². The molecule has 2 aromatic rings. The maximum absolute atomic E-state index is 13.4. The Hall–Kier alpha value is -3.46. The van der Waals surface area contributed by atoms with E-state index in [9.17, 15) is 14.4 Å². The standard InChI is InChI=1S/C30H36N6O3/c1-19-6-7-25(27(37)33-19)36-28(38)23-4-2-5-24(26(23)29(36)39)31-16-20-17-32-35(18-20)21-8-12-34(13-9-21)22-14-30(15-22)10-3-11-30/h2,4-5,17-18,21-22,25,31H,1,3,6-16H2,(H,33,37). The molecule has 9 nitrogen and oxygen atoms in total. The molecule has 2 N–H and O–H groups in total. The van der Waals surface area contributed by atoms with Crippen LogP contribution in [0.5, 0.6) is 0 Å². The molecule has 9 heteroatoms. The Bertz CT molecular complexity index is 1340. The normalized spacial score (nSPS) is 25.4. The van der Waals surface area contributed by atoms with E-state index in [1.807, 2.05) is 12.3 Å². The van der Waals surface area contributed by atoms with Crippen LogP contribution in [0.1, 0.15) is 90.1 Å². The van der Waals surface area contributed by atoms with Gasteiger partial charge in [0.15, 0.2) is 0 Å². The first-order valence-corrected chi connectivity index (χ1v) is 14.4. The molecule has 2 saturated heterocycles. The van der Waals surface area contributed by atoms with Gasteiger partial charge in [-0.1, -0.05) is 19.1 Å². The Kier molecular flexibility index (Phi) is 5.88. The Balaban J connectivity index is 0.975. The number of anilines is 1. The molecule has 4 heterocycles. The lowest BCUT2D eigenvalue weighted by Gasteiger charge is -2.58. The zero-order chi connectivity index (χ0) is 26.7. The first kappa shape index (κ1) is 24.6. The van der Waals surface area contributed by atoms with Gasteiger partial charge in [0.1, 0.15) is 6.04 Å². The first-order chi connectivity index (χ1) is 18.9. The number of rotatable bonds is 6. The van der Waals surface area contributed by atoms with Crippen molar-refractivity contribution >= 4 is 23.4 Å². The van der Waals surface area contributed by atoms with Gasteiger partial charge in [0, 0.05) is 48.8 Å². The van der Waals surface area contributed by atoms with Crippen LogP contribution in [0, 0.1) is 5.41 Å². The van der Waals surface area contributed by atoms with E-state index in [1.54, 1.807) is 12.1 Å². The summed E-state index contributed by atoms with van der Waals surface area (Å²) in [7, 11) is 0. The topological polar surface area (TPSA) is 99.6 Å². The fraction of sp³-hybridized carbons (Fsp3) is 0.533. The highest BCUT2D eigenvalue weighted by molar-refractivity contribution is 6.25. The highest BCUT2D eigenvalue weighted by atomic mass is 16.2. The number of piperidine rings is 2. The lowest BCUT2D eigenvalue weighted by Crippen LogP contribution is -2.55. The number of carbonyl (C=O) groups is 3. The number of hydrogen-bond donors (Lipinski definition) is 2. The molecule has 1 unspecified atom stereocenters. The van der Waals surface area contributed by atoms with Crippen molar-refractivity contribution in [3.8, 4) is 0 Å².